The Hall–Kier alpha value is -0.120. The van der Waals surface area contributed by atoms with Crippen molar-refractivity contribution in [3.8, 4) is 0 Å². The quantitative estimate of drug-likeness (QED) is 0.826. The molecule has 106 valence electrons. The van der Waals surface area contributed by atoms with Crippen LogP contribution < -0.4 is 5.32 Å². The summed E-state index contributed by atoms with van der Waals surface area (Å²) in [5, 5.41) is 3.33. The van der Waals surface area contributed by atoms with E-state index in [1.807, 2.05) is 0 Å². The van der Waals surface area contributed by atoms with Gasteiger partial charge in [0.1, 0.15) is 0 Å². The molecule has 0 aromatic heterocycles. The summed E-state index contributed by atoms with van der Waals surface area (Å²) in [4.78, 5) is 5.42. The molecule has 0 aromatic rings. The zero-order chi connectivity index (χ0) is 13.0. The molecule has 1 N–H and O–H groups in total. The van der Waals surface area contributed by atoms with Gasteiger partial charge in [-0.15, -0.1) is 0 Å². The van der Waals surface area contributed by atoms with Crippen LogP contribution in [0.2, 0.25) is 0 Å². The zero-order valence-electron chi connectivity index (χ0n) is 12.5. The maximum atomic E-state index is 3.33. The van der Waals surface area contributed by atoms with Crippen LogP contribution in [0.25, 0.3) is 0 Å². The lowest BCUT2D eigenvalue weighted by Crippen LogP contribution is -2.49. The van der Waals surface area contributed by atoms with Gasteiger partial charge >= 0.3 is 0 Å². The Balaban J connectivity index is 2.06. The van der Waals surface area contributed by atoms with Crippen LogP contribution in [0.4, 0.5) is 0 Å². The second-order valence-corrected chi connectivity index (χ2v) is 6.33. The molecule has 2 fully saturated rings. The van der Waals surface area contributed by atoms with Crippen molar-refractivity contribution in [2.75, 3.05) is 33.7 Å². The molecule has 3 heteroatoms. The molecule has 18 heavy (non-hydrogen) atoms. The van der Waals surface area contributed by atoms with Crippen molar-refractivity contribution in [1.29, 1.82) is 0 Å². The maximum Gasteiger partial charge on any atom is 0.0240 e. The molecule has 1 saturated carbocycles. The van der Waals surface area contributed by atoms with E-state index >= 15 is 0 Å². The van der Waals surface area contributed by atoms with Crippen molar-refractivity contribution in [2.24, 2.45) is 0 Å². The van der Waals surface area contributed by atoms with E-state index in [1.54, 1.807) is 0 Å². The van der Waals surface area contributed by atoms with Crippen LogP contribution in [0, 0.1) is 0 Å². The number of nitrogens with zero attached hydrogens (tertiary/aromatic N) is 2. The molecular formula is C15H31N3. The monoisotopic (exact) mass is 253 g/mol. The summed E-state index contributed by atoms with van der Waals surface area (Å²) in [7, 11) is 4.36. The minimum Gasteiger partial charge on any atom is -0.320 e. The van der Waals surface area contributed by atoms with E-state index in [0.717, 1.165) is 24.7 Å². The molecule has 1 aliphatic heterocycles. The van der Waals surface area contributed by atoms with Gasteiger partial charge in [0, 0.05) is 24.7 Å². The van der Waals surface area contributed by atoms with E-state index in [4.69, 9.17) is 0 Å². The molecule has 2 rings (SSSR count). The van der Waals surface area contributed by atoms with Crippen LogP contribution in [0.1, 0.15) is 45.4 Å². The summed E-state index contributed by atoms with van der Waals surface area (Å²) in [6.07, 6.45) is 8.39. The lowest BCUT2D eigenvalue weighted by atomic mass is 10.0. The van der Waals surface area contributed by atoms with Gasteiger partial charge in [0.25, 0.3) is 0 Å². The van der Waals surface area contributed by atoms with Gasteiger partial charge in [0.05, 0.1) is 0 Å². The Kier molecular flexibility index (Phi) is 5.46. The molecule has 0 radical (unpaired) electrons. The number of hydrogen-bond donors (Lipinski definition) is 1. The fourth-order valence-electron chi connectivity index (χ4n) is 3.87. The number of likely N-dealkylation sites (N-methyl/N-ethyl adjacent to an activating group) is 1. The first kappa shape index (κ1) is 14.3. The average Bonchev–Trinajstić information content (AvgIpc) is 2.82. The van der Waals surface area contributed by atoms with Gasteiger partial charge in [0.15, 0.2) is 0 Å². The Morgan fingerprint density at radius 1 is 1.17 bits per heavy atom. The molecule has 1 heterocycles. The third-order valence-electron chi connectivity index (χ3n) is 4.86. The van der Waals surface area contributed by atoms with Crippen LogP contribution in [-0.4, -0.2) is 61.7 Å². The summed E-state index contributed by atoms with van der Waals surface area (Å²) in [5.41, 5.74) is 0. The molecule has 2 atom stereocenters. The van der Waals surface area contributed by atoms with Gasteiger partial charge in [-0.1, -0.05) is 12.8 Å². The molecule has 0 amide bonds. The Labute approximate surface area is 113 Å². The Bertz CT molecular complexity index is 238. The van der Waals surface area contributed by atoms with Crippen molar-refractivity contribution in [2.45, 2.75) is 63.6 Å². The fraction of sp³-hybridized carbons (Fsp3) is 1.00. The van der Waals surface area contributed by atoms with Gasteiger partial charge in [0.2, 0.25) is 0 Å². The van der Waals surface area contributed by atoms with Crippen molar-refractivity contribution in [3.63, 3.8) is 0 Å². The predicted molar refractivity (Wildman–Crippen MR) is 78.0 cm³/mol. The van der Waals surface area contributed by atoms with E-state index < -0.39 is 0 Å². The van der Waals surface area contributed by atoms with E-state index in [9.17, 15) is 0 Å². The molecule has 0 aromatic carbocycles. The third-order valence-corrected chi connectivity index (χ3v) is 4.86. The largest absolute Gasteiger partial charge is 0.320 e. The molecular weight excluding hydrogens is 222 g/mol. The van der Waals surface area contributed by atoms with E-state index in [2.05, 4.69) is 36.1 Å². The van der Waals surface area contributed by atoms with Crippen molar-refractivity contribution in [1.82, 2.24) is 15.1 Å². The first-order chi connectivity index (χ1) is 8.72. The highest BCUT2D eigenvalue weighted by Crippen LogP contribution is 2.30. The lowest BCUT2D eigenvalue weighted by molar-refractivity contribution is 0.0858. The van der Waals surface area contributed by atoms with Crippen molar-refractivity contribution in [3.05, 3.63) is 0 Å². The first-order valence-electron chi connectivity index (χ1n) is 7.83. The fourth-order valence-corrected chi connectivity index (χ4v) is 3.87. The van der Waals surface area contributed by atoms with Gasteiger partial charge in [-0.3, -0.25) is 4.90 Å². The summed E-state index contributed by atoms with van der Waals surface area (Å²) in [6.45, 7) is 6.11. The number of rotatable bonds is 4. The predicted octanol–water partition coefficient (Wildman–Crippen LogP) is 1.93. The highest BCUT2D eigenvalue weighted by Gasteiger charge is 2.34. The molecule has 0 bridgehead atoms. The number of nitrogens with one attached hydrogen (secondary N) is 1. The number of hydrogen-bond acceptors (Lipinski definition) is 3. The summed E-state index contributed by atoms with van der Waals surface area (Å²) < 4.78 is 0. The minimum atomic E-state index is 0.753. The van der Waals surface area contributed by atoms with Crippen LogP contribution in [0.3, 0.4) is 0 Å². The van der Waals surface area contributed by atoms with Crippen LogP contribution in [0.15, 0.2) is 0 Å². The Morgan fingerprint density at radius 3 is 2.56 bits per heavy atom. The molecule has 3 nitrogen and oxygen atoms in total. The minimum absolute atomic E-state index is 0.753. The standard InChI is InChI=1S/C15H31N3/c1-13-9-11-17(3)12-15(8-10-16-2)18(13)14-6-4-5-7-14/h13-16H,4-12H2,1-3H3. The van der Waals surface area contributed by atoms with Crippen LogP contribution in [-0.2, 0) is 0 Å². The van der Waals surface area contributed by atoms with Crippen molar-refractivity contribution < 1.29 is 0 Å². The second kappa shape index (κ2) is 6.88. The third kappa shape index (κ3) is 3.46. The molecule has 1 aliphatic carbocycles. The smallest absolute Gasteiger partial charge is 0.0240 e. The summed E-state index contributed by atoms with van der Waals surface area (Å²) >= 11 is 0. The van der Waals surface area contributed by atoms with Gasteiger partial charge in [-0.25, -0.2) is 0 Å². The SMILES string of the molecule is CNCCC1CN(C)CCC(C)N1C1CCCC1. The second-order valence-electron chi connectivity index (χ2n) is 6.33. The van der Waals surface area contributed by atoms with E-state index in [0.29, 0.717) is 0 Å². The molecule has 2 unspecified atom stereocenters. The average molecular weight is 253 g/mol. The van der Waals surface area contributed by atoms with Gasteiger partial charge in [-0.05, 0) is 59.8 Å². The first-order valence-corrected chi connectivity index (χ1v) is 7.83. The Morgan fingerprint density at radius 2 is 1.89 bits per heavy atom. The van der Waals surface area contributed by atoms with Gasteiger partial charge in [-0.2, -0.15) is 0 Å². The van der Waals surface area contributed by atoms with E-state index in [1.165, 1.54) is 51.6 Å². The van der Waals surface area contributed by atoms with Gasteiger partial charge < -0.3 is 10.2 Å². The lowest BCUT2D eigenvalue weighted by Gasteiger charge is -2.39. The molecule has 1 saturated heterocycles. The molecule has 0 spiro atoms. The molecule has 2 aliphatic rings. The van der Waals surface area contributed by atoms with Crippen LogP contribution in [0.5, 0.6) is 0 Å². The normalized spacial score (nSPS) is 32.8. The summed E-state index contributed by atoms with van der Waals surface area (Å²) in [6, 6.07) is 2.39. The van der Waals surface area contributed by atoms with E-state index in [-0.39, 0.29) is 0 Å². The maximum absolute atomic E-state index is 3.33. The topological polar surface area (TPSA) is 18.5 Å². The zero-order valence-corrected chi connectivity index (χ0v) is 12.5. The highest BCUT2D eigenvalue weighted by molar-refractivity contribution is 4.90. The van der Waals surface area contributed by atoms with Crippen molar-refractivity contribution >= 4 is 0 Å². The highest BCUT2D eigenvalue weighted by atomic mass is 15.3. The summed E-state index contributed by atoms with van der Waals surface area (Å²) in [5.74, 6) is 0. The van der Waals surface area contributed by atoms with Crippen LogP contribution >= 0.6 is 0 Å².